The molecule has 22 heavy (non-hydrogen) atoms. The van der Waals surface area contributed by atoms with E-state index in [1.807, 2.05) is 24.6 Å². The second kappa shape index (κ2) is 6.20. The van der Waals surface area contributed by atoms with Crippen molar-refractivity contribution in [2.45, 2.75) is 53.0 Å². The minimum atomic E-state index is 0.00620. The fraction of sp³-hybridized carbons (Fsp3) is 0.562. The summed E-state index contributed by atoms with van der Waals surface area (Å²) < 4.78 is 1.88. The van der Waals surface area contributed by atoms with Crippen LogP contribution in [0, 0.1) is 19.8 Å². The largest absolute Gasteiger partial charge is 0.302 e. The molecule has 1 aliphatic carbocycles. The van der Waals surface area contributed by atoms with Crippen LogP contribution in [-0.4, -0.2) is 20.7 Å². The van der Waals surface area contributed by atoms with Gasteiger partial charge in [-0.1, -0.05) is 6.92 Å². The smallest absolute Gasteiger partial charge is 0.228 e. The highest BCUT2D eigenvalue weighted by molar-refractivity contribution is 7.15. The minimum absolute atomic E-state index is 0.00620. The predicted octanol–water partition coefficient (Wildman–Crippen LogP) is 3.11. The van der Waals surface area contributed by atoms with E-state index in [9.17, 15) is 4.79 Å². The van der Waals surface area contributed by atoms with Gasteiger partial charge in [0.1, 0.15) is 0 Å². The second-order valence-corrected chi connectivity index (χ2v) is 7.27. The van der Waals surface area contributed by atoms with Crippen molar-refractivity contribution in [2.24, 2.45) is 5.92 Å². The first-order chi connectivity index (χ1) is 10.5. The van der Waals surface area contributed by atoms with E-state index in [0.717, 1.165) is 35.3 Å². The van der Waals surface area contributed by atoms with Crippen molar-refractivity contribution in [3.05, 3.63) is 28.0 Å². The molecule has 1 unspecified atom stereocenters. The van der Waals surface area contributed by atoms with Gasteiger partial charge in [0.2, 0.25) is 5.91 Å². The van der Waals surface area contributed by atoms with Crippen LogP contribution in [0.1, 0.15) is 41.7 Å². The van der Waals surface area contributed by atoms with Gasteiger partial charge in [-0.25, -0.2) is 4.98 Å². The molecule has 2 aromatic heterocycles. The van der Waals surface area contributed by atoms with Crippen LogP contribution >= 0.6 is 11.3 Å². The quantitative estimate of drug-likeness (QED) is 0.942. The number of hydrogen-bond acceptors (Lipinski definition) is 4. The number of nitrogens with zero attached hydrogens (tertiary/aromatic N) is 3. The molecule has 3 rings (SSSR count). The minimum Gasteiger partial charge on any atom is -0.302 e. The summed E-state index contributed by atoms with van der Waals surface area (Å²) in [5, 5.41) is 8.06. The number of rotatable bonds is 4. The maximum Gasteiger partial charge on any atom is 0.228 e. The van der Waals surface area contributed by atoms with Crippen molar-refractivity contribution in [2.75, 3.05) is 5.32 Å². The van der Waals surface area contributed by atoms with Gasteiger partial charge < -0.3 is 5.32 Å². The van der Waals surface area contributed by atoms with Gasteiger partial charge in [-0.15, -0.1) is 11.3 Å². The van der Waals surface area contributed by atoms with Crippen LogP contribution < -0.4 is 5.32 Å². The van der Waals surface area contributed by atoms with E-state index < -0.39 is 0 Å². The lowest BCUT2D eigenvalue weighted by Gasteiger charge is -2.15. The van der Waals surface area contributed by atoms with Crippen LogP contribution in [0.4, 0.5) is 5.13 Å². The third-order valence-electron chi connectivity index (χ3n) is 4.09. The van der Waals surface area contributed by atoms with Crippen LogP contribution in [0.3, 0.4) is 0 Å². The molecule has 1 amide bonds. The highest BCUT2D eigenvalue weighted by atomic mass is 32.1. The number of hydrogen-bond donors (Lipinski definition) is 1. The molecule has 2 heterocycles. The van der Waals surface area contributed by atoms with Crippen molar-refractivity contribution >= 4 is 22.4 Å². The molecule has 0 saturated carbocycles. The Morgan fingerprint density at radius 1 is 1.50 bits per heavy atom. The molecule has 1 atom stereocenters. The molecule has 6 heteroatoms. The fourth-order valence-corrected chi connectivity index (χ4v) is 4.07. The molecule has 5 nitrogen and oxygen atoms in total. The Balaban J connectivity index is 1.57. The summed E-state index contributed by atoms with van der Waals surface area (Å²) in [4.78, 5) is 18.0. The number of carbonyl (C=O) groups is 1. The van der Waals surface area contributed by atoms with E-state index in [4.69, 9.17) is 0 Å². The zero-order valence-electron chi connectivity index (χ0n) is 13.3. The zero-order chi connectivity index (χ0) is 15.7. The van der Waals surface area contributed by atoms with Gasteiger partial charge in [0, 0.05) is 23.5 Å². The number of aryl methyl sites for hydroxylation is 4. The standard InChI is InChI=1S/C16H22N4OS/c1-10-4-5-13-14(8-10)22-16(17-13)18-15(21)6-7-20-12(3)9-11(2)19-20/h9-10H,4-8H2,1-3H3,(H,17,18,21). The Morgan fingerprint density at radius 2 is 2.32 bits per heavy atom. The van der Waals surface area contributed by atoms with E-state index in [0.29, 0.717) is 13.0 Å². The summed E-state index contributed by atoms with van der Waals surface area (Å²) >= 11 is 1.63. The molecule has 0 radical (unpaired) electrons. The molecule has 1 N–H and O–H groups in total. The number of fused-ring (bicyclic) bond motifs is 1. The molecule has 0 aromatic carbocycles. The molecule has 1 aliphatic rings. The Morgan fingerprint density at radius 3 is 3.05 bits per heavy atom. The van der Waals surface area contributed by atoms with Crippen LogP contribution in [0.25, 0.3) is 0 Å². The van der Waals surface area contributed by atoms with Gasteiger partial charge in [-0.05, 0) is 45.1 Å². The molecule has 0 bridgehead atoms. The first-order valence-electron chi connectivity index (χ1n) is 7.80. The van der Waals surface area contributed by atoms with Crippen molar-refractivity contribution < 1.29 is 4.79 Å². The third kappa shape index (κ3) is 3.38. The lowest BCUT2D eigenvalue weighted by molar-refractivity contribution is -0.116. The lowest BCUT2D eigenvalue weighted by Crippen LogP contribution is -2.15. The Kier molecular flexibility index (Phi) is 4.29. The van der Waals surface area contributed by atoms with E-state index in [-0.39, 0.29) is 5.91 Å². The Labute approximate surface area is 134 Å². The average Bonchev–Trinajstić information content (AvgIpc) is 2.98. The number of thiazole rings is 1. The Bertz CT molecular complexity index is 688. The van der Waals surface area contributed by atoms with Gasteiger partial charge in [0.25, 0.3) is 0 Å². The van der Waals surface area contributed by atoms with Crippen molar-refractivity contribution in [3.63, 3.8) is 0 Å². The highest BCUT2D eigenvalue weighted by Gasteiger charge is 2.20. The summed E-state index contributed by atoms with van der Waals surface area (Å²) in [7, 11) is 0. The van der Waals surface area contributed by atoms with Gasteiger partial charge in [-0.2, -0.15) is 5.10 Å². The number of amides is 1. The zero-order valence-corrected chi connectivity index (χ0v) is 14.2. The summed E-state index contributed by atoms with van der Waals surface area (Å²) in [6.45, 7) is 6.85. The molecule has 118 valence electrons. The van der Waals surface area contributed by atoms with Crippen molar-refractivity contribution in [3.8, 4) is 0 Å². The molecule has 0 fully saturated rings. The van der Waals surface area contributed by atoms with Crippen LogP contribution in [0.2, 0.25) is 0 Å². The van der Waals surface area contributed by atoms with E-state index in [2.05, 4.69) is 22.3 Å². The van der Waals surface area contributed by atoms with E-state index in [1.165, 1.54) is 17.0 Å². The maximum atomic E-state index is 12.1. The molecule has 0 spiro atoms. The SMILES string of the molecule is Cc1cc(C)n(CCC(=O)Nc2nc3c(s2)CC(C)CC3)n1. The number of anilines is 1. The van der Waals surface area contributed by atoms with Gasteiger partial charge in [0.05, 0.1) is 11.4 Å². The molecular formula is C16H22N4OS. The first-order valence-corrected chi connectivity index (χ1v) is 8.62. The number of nitrogens with one attached hydrogen (secondary N) is 1. The molecule has 0 aliphatic heterocycles. The number of aromatic nitrogens is 3. The van der Waals surface area contributed by atoms with E-state index in [1.54, 1.807) is 11.3 Å². The third-order valence-corrected chi connectivity index (χ3v) is 5.12. The average molecular weight is 318 g/mol. The Hall–Kier alpha value is -1.69. The number of carbonyl (C=O) groups excluding carboxylic acids is 1. The van der Waals surface area contributed by atoms with Crippen molar-refractivity contribution in [1.82, 2.24) is 14.8 Å². The summed E-state index contributed by atoms with van der Waals surface area (Å²) in [6.07, 6.45) is 3.74. The van der Waals surface area contributed by atoms with Gasteiger partial charge in [-0.3, -0.25) is 9.48 Å². The van der Waals surface area contributed by atoms with E-state index >= 15 is 0 Å². The van der Waals surface area contributed by atoms with Gasteiger partial charge in [0.15, 0.2) is 5.13 Å². The summed E-state index contributed by atoms with van der Waals surface area (Å²) in [5.41, 5.74) is 3.25. The molecule has 0 saturated heterocycles. The second-order valence-electron chi connectivity index (χ2n) is 6.19. The van der Waals surface area contributed by atoms with Gasteiger partial charge >= 0.3 is 0 Å². The molecule has 2 aromatic rings. The van der Waals surface area contributed by atoms with Crippen LogP contribution in [0.15, 0.2) is 6.07 Å². The normalized spacial score (nSPS) is 17.3. The fourth-order valence-electron chi connectivity index (χ4n) is 2.88. The van der Waals surface area contributed by atoms with Crippen molar-refractivity contribution in [1.29, 1.82) is 0 Å². The first kappa shape index (κ1) is 15.2. The lowest BCUT2D eigenvalue weighted by atomic mass is 9.93. The van der Waals surface area contributed by atoms with Crippen LogP contribution in [0.5, 0.6) is 0 Å². The molecular weight excluding hydrogens is 296 g/mol. The highest BCUT2D eigenvalue weighted by Crippen LogP contribution is 2.32. The topological polar surface area (TPSA) is 59.8 Å². The van der Waals surface area contributed by atoms with Crippen LogP contribution in [-0.2, 0) is 24.2 Å². The predicted molar refractivity (Wildman–Crippen MR) is 88.3 cm³/mol. The monoisotopic (exact) mass is 318 g/mol. The maximum absolute atomic E-state index is 12.1. The summed E-state index contributed by atoms with van der Waals surface area (Å²) in [6, 6.07) is 2.02. The summed E-state index contributed by atoms with van der Waals surface area (Å²) in [5.74, 6) is 0.731.